The predicted molar refractivity (Wildman–Crippen MR) is 77.7 cm³/mol. The second kappa shape index (κ2) is 6.16. The van der Waals surface area contributed by atoms with Crippen molar-refractivity contribution in [3.05, 3.63) is 66.2 Å². The van der Waals surface area contributed by atoms with Gasteiger partial charge in [-0.15, -0.1) is 0 Å². The van der Waals surface area contributed by atoms with E-state index in [9.17, 15) is 4.79 Å². The van der Waals surface area contributed by atoms with E-state index in [1.54, 1.807) is 11.8 Å². The number of anilines is 1. The molecule has 0 saturated carbocycles. The van der Waals surface area contributed by atoms with Gasteiger partial charge in [0.1, 0.15) is 0 Å². The van der Waals surface area contributed by atoms with Crippen molar-refractivity contribution in [1.82, 2.24) is 0 Å². The van der Waals surface area contributed by atoms with Gasteiger partial charge in [-0.25, -0.2) is 0 Å². The van der Waals surface area contributed by atoms with E-state index in [0.29, 0.717) is 6.54 Å². The van der Waals surface area contributed by atoms with E-state index in [2.05, 4.69) is 0 Å². The summed E-state index contributed by atoms with van der Waals surface area (Å²) in [4.78, 5) is 14.0. The number of hydrogen-bond donors (Lipinski definition) is 1. The van der Waals surface area contributed by atoms with E-state index in [1.807, 2.05) is 60.7 Å². The summed E-state index contributed by atoms with van der Waals surface area (Å²) >= 11 is 0. The van der Waals surface area contributed by atoms with Crippen LogP contribution in [0.15, 0.2) is 60.7 Å². The van der Waals surface area contributed by atoms with Gasteiger partial charge in [-0.1, -0.05) is 48.5 Å². The number of carbonyl (C=O) groups excluding carboxylic acids is 1. The molecule has 0 spiro atoms. The molecule has 1 atom stereocenters. The number of amides is 1. The van der Waals surface area contributed by atoms with Crippen molar-refractivity contribution >= 4 is 11.6 Å². The van der Waals surface area contributed by atoms with Crippen LogP contribution in [0, 0.1) is 0 Å². The average molecular weight is 254 g/mol. The largest absolute Gasteiger partial charge is 0.320 e. The van der Waals surface area contributed by atoms with Crippen LogP contribution in [-0.4, -0.2) is 11.9 Å². The second-order valence-electron chi connectivity index (χ2n) is 4.53. The van der Waals surface area contributed by atoms with Crippen molar-refractivity contribution in [3.8, 4) is 0 Å². The lowest BCUT2D eigenvalue weighted by Gasteiger charge is -2.24. The highest BCUT2D eigenvalue weighted by atomic mass is 16.2. The lowest BCUT2D eigenvalue weighted by Crippen LogP contribution is -2.41. The molecule has 0 aliphatic rings. The van der Waals surface area contributed by atoms with Crippen molar-refractivity contribution in [2.75, 3.05) is 4.90 Å². The molecule has 0 unspecified atom stereocenters. The molecule has 0 bridgehead atoms. The highest BCUT2D eigenvalue weighted by molar-refractivity contribution is 5.96. The Balaban J connectivity index is 2.28. The van der Waals surface area contributed by atoms with Crippen molar-refractivity contribution in [2.45, 2.75) is 19.5 Å². The fraction of sp³-hybridized carbons (Fsp3) is 0.188. The number of carbonyl (C=O) groups is 1. The molecular weight excluding hydrogens is 236 g/mol. The Morgan fingerprint density at radius 1 is 1.05 bits per heavy atom. The Bertz CT molecular complexity index is 523. The van der Waals surface area contributed by atoms with E-state index < -0.39 is 6.04 Å². The molecule has 19 heavy (non-hydrogen) atoms. The van der Waals surface area contributed by atoms with E-state index in [0.717, 1.165) is 11.3 Å². The van der Waals surface area contributed by atoms with Crippen LogP contribution < -0.4 is 10.6 Å². The smallest absolute Gasteiger partial charge is 0.243 e. The molecule has 0 saturated heterocycles. The first-order valence-electron chi connectivity index (χ1n) is 6.34. The van der Waals surface area contributed by atoms with Crippen LogP contribution in [-0.2, 0) is 11.3 Å². The summed E-state index contributed by atoms with van der Waals surface area (Å²) in [7, 11) is 0. The van der Waals surface area contributed by atoms with Crippen LogP contribution >= 0.6 is 0 Å². The maximum absolute atomic E-state index is 12.2. The third-order valence-corrected chi connectivity index (χ3v) is 2.91. The van der Waals surface area contributed by atoms with Gasteiger partial charge in [0.25, 0.3) is 0 Å². The molecule has 3 nitrogen and oxygen atoms in total. The third kappa shape index (κ3) is 3.42. The average Bonchev–Trinajstić information content (AvgIpc) is 2.46. The first-order chi connectivity index (χ1) is 9.18. The fourth-order valence-corrected chi connectivity index (χ4v) is 1.92. The second-order valence-corrected chi connectivity index (χ2v) is 4.53. The van der Waals surface area contributed by atoms with Crippen molar-refractivity contribution in [1.29, 1.82) is 0 Å². The summed E-state index contributed by atoms with van der Waals surface area (Å²) in [5, 5.41) is 0. The minimum Gasteiger partial charge on any atom is -0.320 e. The van der Waals surface area contributed by atoms with E-state index >= 15 is 0 Å². The van der Waals surface area contributed by atoms with Gasteiger partial charge in [0, 0.05) is 5.69 Å². The molecule has 0 heterocycles. The Kier molecular flexibility index (Phi) is 4.31. The van der Waals surface area contributed by atoms with E-state index in [-0.39, 0.29) is 5.91 Å². The predicted octanol–water partition coefficient (Wildman–Crippen LogP) is 2.57. The molecule has 0 radical (unpaired) electrons. The minimum absolute atomic E-state index is 0.0740. The first-order valence-corrected chi connectivity index (χ1v) is 6.34. The number of hydrogen-bond acceptors (Lipinski definition) is 2. The third-order valence-electron chi connectivity index (χ3n) is 2.91. The summed E-state index contributed by atoms with van der Waals surface area (Å²) in [5.41, 5.74) is 7.69. The zero-order valence-electron chi connectivity index (χ0n) is 11.0. The van der Waals surface area contributed by atoms with Gasteiger partial charge < -0.3 is 10.6 Å². The zero-order chi connectivity index (χ0) is 13.7. The summed E-state index contributed by atoms with van der Waals surface area (Å²) in [6, 6.07) is 19.0. The highest BCUT2D eigenvalue weighted by Crippen LogP contribution is 2.17. The molecule has 2 aromatic carbocycles. The van der Waals surface area contributed by atoms with Crippen LogP contribution in [0.2, 0.25) is 0 Å². The summed E-state index contributed by atoms with van der Waals surface area (Å²) < 4.78 is 0. The maximum Gasteiger partial charge on any atom is 0.243 e. The fourth-order valence-electron chi connectivity index (χ4n) is 1.92. The molecule has 0 aliphatic heterocycles. The molecule has 3 heteroatoms. The van der Waals surface area contributed by atoms with Gasteiger partial charge in [0.15, 0.2) is 0 Å². The van der Waals surface area contributed by atoms with Crippen molar-refractivity contribution in [3.63, 3.8) is 0 Å². The lowest BCUT2D eigenvalue weighted by molar-refractivity contribution is -0.119. The zero-order valence-corrected chi connectivity index (χ0v) is 11.0. The van der Waals surface area contributed by atoms with Gasteiger partial charge in [0.2, 0.25) is 5.91 Å². The molecule has 98 valence electrons. The molecule has 0 fully saturated rings. The normalized spacial score (nSPS) is 11.9. The molecule has 2 rings (SSSR count). The SMILES string of the molecule is C[C@H](N)C(=O)N(Cc1ccccc1)c1ccccc1. The Morgan fingerprint density at radius 3 is 2.11 bits per heavy atom. The summed E-state index contributed by atoms with van der Waals surface area (Å²) in [5.74, 6) is -0.0740. The topological polar surface area (TPSA) is 46.3 Å². The Hall–Kier alpha value is -2.13. The molecule has 0 aliphatic carbocycles. The number of para-hydroxylation sites is 1. The summed E-state index contributed by atoms with van der Waals surface area (Å²) in [6.07, 6.45) is 0. The number of rotatable bonds is 4. The molecule has 2 N–H and O–H groups in total. The van der Waals surface area contributed by atoms with Crippen LogP contribution in [0.4, 0.5) is 5.69 Å². The van der Waals surface area contributed by atoms with Crippen LogP contribution in [0.1, 0.15) is 12.5 Å². The molecule has 0 aromatic heterocycles. The Morgan fingerprint density at radius 2 is 1.58 bits per heavy atom. The van der Waals surface area contributed by atoms with Crippen molar-refractivity contribution < 1.29 is 4.79 Å². The van der Waals surface area contributed by atoms with Crippen LogP contribution in [0.3, 0.4) is 0 Å². The maximum atomic E-state index is 12.2. The van der Waals surface area contributed by atoms with Gasteiger partial charge in [-0.05, 0) is 24.6 Å². The molecule has 2 aromatic rings. The first kappa shape index (κ1) is 13.3. The van der Waals surface area contributed by atoms with Gasteiger partial charge in [-0.3, -0.25) is 4.79 Å². The standard InChI is InChI=1S/C16H18N2O/c1-13(17)16(19)18(15-10-6-3-7-11-15)12-14-8-4-2-5-9-14/h2-11,13H,12,17H2,1H3/t13-/m0/s1. The van der Waals surface area contributed by atoms with Crippen LogP contribution in [0.5, 0.6) is 0 Å². The number of nitrogens with two attached hydrogens (primary N) is 1. The van der Waals surface area contributed by atoms with E-state index in [4.69, 9.17) is 5.73 Å². The molecule has 1 amide bonds. The highest BCUT2D eigenvalue weighted by Gasteiger charge is 2.19. The van der Waals surface area contributed by atoms with Crippen LogP contribution in [0.25, 0.3) is 0 Å². The number of benzene rings is 2. The Labute approximate surface area is 113 Å². The molecular formula is C16H18N2O. The minimum atomic E-state index is -0.510. The van der Waals surface area contributed by atoms with Gasteiger partial charge >= 0.3 is 0 Å². The summed E-state index contributed by atoms with van der Waals surface area (Å²) in [6.45, 7) is 2.24. The van der Waals surface area contributed by atoms with Crippen molar-refractivity contribution in [2.24, 2.45) is 5.73 Å². The van der Waals surface area contributed by atoms with Gasteiger partial charge in [0.05, 0.1) is 12.6 Å². The van der Waals surface area contributed by atoms with E-state index in [1.165, 1.54) is 0 Å². The lowest BCUT2D eigenvalue weighted by atomic mass is 10.1. The van der Waals surface area contributed by atoms with Gasteiger partial charge in [-0.2, -0.15) is 0 Å². The number of nitrogens with zero attached hydrogens (tertiary/aromatic N) is 1. The quantitative estimate of drug-likeness (QED) is 0.911. The monoisotopic (exact) mass is 254 g/mol.